The molecule has 2 rings (SSSR count). The number of piperidine rings is 1. The van der Waals surface area contributed by atoms with Gasteiger partial charge in [-0.3, -0.25) is 10.1 Å². The number of nitrogens with one attached hydrogen (secondary N) is 3. The van der Waals surface area contributed by atoms with Crippen LogP contribution in [0.4, 0.5) is 0 Å². The Morgan fingerprint density at radius 1 is 1.23 bits per heavy atom. The smallest absolute Gasteiger partial charge is 0.241 e. The molecular formula is C9H17N3O. The van der Waals surface area contributed by atoms with Crippen LogP contribution in [0.25, 0.3) is 0 Å². The maximum Gasteiger partial charge on any atom is 0.241 e. The van der Waals surface area contributed by atoms with Gasteiger partial charge in [0, 0.05) is 0 Å². The fourth-order valence-electron chi connectivity index (χ4n) is 2.16. The van der Waals surface area contributed by atoms with Crippen LogP contribution in [0.3, 0.4) is 0 Å². The van der Waals surface area contributed by atoms with Crippen molar-refractivity contribution in [3.63, 3.8) is 0 Å². The Bertz CT molecular complexity index is 231. The molecule has 0 aromatic heterocycles. The Balaban J connectivity index is 2.14. The second-order valence-corrected chi connectivity index (χ2v) is 4.54. The zero-order valence-corrected chi connectivity index (χ0v) is 8.24. The summed E-state index contributed by atoms with van der Waals surface area (Å²) in [7, 11) is 0. The van der Waals surface area contributed by atoms with Gasteiger partial charge in [-0.15, -0.1) is 0 Å². The summed E-state index contributed by atoms with van der Waals surface area (Å²) in [4.78, 5) is 11.6. The minimum atomic E-state index is -0.405. The molecule has 4 nitrogen and oxygen atoms in total. The molecule has 4 heteroatoms. The van der Waals surface area contributed by atoms with E-state index in [4.69, 9.17) is 0 Å². The van der Waals surface area contributed by atoms with E-state index in [9.17, 15) is 4.79 Å². The highest BCUT2D eigenvalue weighted by molar-refractivity contribution is 5.88. The Morgan fingerprint density at radius 3 is 2.31 bits per heavy atom. The first-order chi connectivity index (χ1) is 6.04. The highest BCUT2D eigenvalue weighted by atomic mass is 16.2. The van der Waals surface area contributed by atoms with E-state index in [1.807, 2.05) is 13.8 Å². The molecule has 0 aliphatic carbocycles. The second kappa shape index (κ2) is 2.69. The third-order valence-corrected chi connectivity index (χ3v) is 2.93. The molecule has 74 valence electrons. The topological polar surface area (TPSA) is 53.2 Å². The van der Waals surface area contributed by atoms with Crippen LogP contribution in [0.1, 0.15) is 26.7 Å². The van der Waals surface area contributed by atoms with Gasteiger partial charge in [0.25, 0.3) is 0 Å². The lowest BCUT2D eigenvalue weighted by atomic mass is 9.98. The van der Waals surface area contributed by atoms with Crippen LogP contribution in [0.15, 0.2) is 0 Å². The Hall–Kier alpha value is -0.610. The van der Waals surface area contributed by atoms with Gasteiger partial charge in [-0.1, -0.05) is 0 Å². The van der Waals surface area contributed by atoms with Crippen LogP contribution in [-0.2, 0) is 4.79 Å². The van der Waals surface area contributed by atoms with Crippen molar-refractivity contribution in [1.82, 2.24) is 16.0 Å². The van der Waals surface area contributed by atoms with Gasteiger partial charge in [0.1, 0.15) is 0 Å². The molecule has 1 spiro atoms. The zero-order chi connectivity index (χ0) is 9.53. The molecule has 0 unspecified atom stereocenters. The summed E-state index contributed by atoms with van der Waals surface area (Å²) < 4.78 is 0. The van der Waals surface area contributed by atoms with Crippen LogP contribution in [0.5, 0.6) is 0 Å². The van der Waals surface area contributed by atoms with Crippen molar-refractivity contribution in [1.29, 1.82) is 0 Å². The Morgan fingerprint density at radius 2 is 1.85 bits per heavy atom. The largest absolute Gasteiger partial charge is 0.336 e. The quantitative estimate of drug-likeness (QED) is 0.477. The predicted octanol–water partition coefficient (Wildman–Crippen LogP) is -0.436. The van der Waals surface area contributed by atoms with Crippen LogP contribution in [0.2, 0.25) is 0 Å². The minimum Gasteiger partial charge on any atom is -0.336 e. The van der Waals surface area contributed by atoms with Crippen LogP contribution in [0, 0.1) is 0 Å². The molecule has 3 N–H and O–H groups in total. The van der Waals surface area contributed by atoms with E-state index in [2.05, 4.69) is 16.0 Å². The standard InChI is InChI=1S/C9H17N3O/c1-8(2)7(13)11-9(12-8)3-5-10-6-4-9/h10,12H,3-6H2,1-2H3,(H,11,13). The maximum atomic E-state index is 11.6. The number of carbonyl (C=O) groups excluding carboxylic acids is 1. The fourth-order valence-corrected chi connectivity index (χ4v) is 2.16. The Labute approximate surface area is 78.5 Å². The molecular weight excluding hydrogens is 166 g/mol. The normalized spacial score (nSPS) is 30.5. The number of hydrogen-bond donors (Lipinski definition) is 3. The van der Waals surface area contributed by atoms with Crippen molar-refractivity contribution in [3.05, 3.63) is 0 Å². The van der Waals surface area contributed by atoms with E-state index in [0.717, 1.165) is 25.9 Å². The van der Waals surface area contributed by atoms with Gasteiger partial charge in [-0.2, -0.15) is 0 Å². The summed E-state index contributed by atoms with van der Waals surface area (Å²) in [6.45, 7) is 5.81. The van der Waals surface area contributed by atoms with E-state index in [0.29, 0.717) is 0 Å². The molecule has 2 heterocycles. The monoisotopic (exact) mass is 183 g/mol. The number of carbonyl (C=O) groups is 1. The molecule has 13 heavy (non-hydrogen) atoms. The molecule has 0 atom stereocenters. The van der Waals surface area contributed by atoms with Gasteiger partial charge >= 0.3 is 0 Å². The predicted molar refractivity (Wildman–Crippen MR) is 50.2 cm³/mol. The molecule has 2 fully saturated rings. The third kappa shape index (κ3) is 1.44. The number of hydrogen-bond acceptors (Lipinski definition) is 3. The number of amides is 1. The second-order valence-electron chi connectivity index (χ2n) is 4.54. The molecule has 0 radical (unpaired) electrons. The fraction of sp³-hybridized carbons (Fsp3) is 0.889. The van der Waals surface area contributed by atoms with Crippen molar-refractivity contribution < 1.29 is 4.79 Å². The van der Waals surface area contributed by atoms with Gasteiger partial charge in [0.05, 0.1) is 11.2 Å². The maximum absolute atomic E-state index is 11.6. The van der Waals surface area contributed by atoms with E-state index in [1.54, 1.807) is 0 Å². The van der Waals surface area contributed by atoms with E-state index < -0.39 is 5.54 Å². The lowest BCUT2D eigenvalue weighted by molar-refractivity contribution is -0.123. The van der Waals surface area contributed by atoms with Crippen molar-refractivity contribution >= 4 is 5.91 Å². The van der Waals surface area contributed by atoms with Crippen LogP contribution in [-0.4, -0.2) is 30.2 Å². The summed E-state index contributed by atoms with van der Waals surface area (Å²) in [6, 6.07) is 0. The molecule has 0 saturated carbocycles. The molecule has 2 saturated heterocycles. The summed E-state index contributed by atoms with van der Waals surface area (Å²) in [5.74, 6) is 0.120. The number of rotatable bonds is 0. The third-order valence-electron chi connectivity index (χ3n) is 2.93. The first kappa shape index (κ1) is 8.97. The molecule has 2 aliphatic rings. The van der Waals surface area contributed by atoms with Gasteiger partial charge in [0.15, 0.2) is 0 Å². The van der Waals surface area contributed by atoms with Gasteiger partial charge in [0.2, 0.25) is 5.91 Å². The van der Waals surface area contributed by atoms with Crippen molar-refractivity contribution in [2.45, 2.75) is 37.9 Å². The summed E-state index contributed by atoms with van der Waals surface area (Å²) in [6.07, 6.45) is 1.95. The van der Waals surface area contributed by atoms with Gasteiger partial charge < -0.3 is 10.6 Å². The van der Waals surface area contributed by atoms with Crippen molar-refractivity contribution in [2.75, 3.05) is 13.1 Å². The molecule has 1 amide bonds. The zero-order valence-electron chi connectivity index (χ0n) is 8.24. The van der Waals surface area contributed by atoms with Gasteiger partial charge in [-0.05, 0) is 39.8 Å². The van der Waals surface area contributed by atoms with Gasteiger partial charge in [-0.25, -0.2) is 0 Å². The van der Waals surface area contributed by atoms with Crippen molar-refractivity contribution in [2.24, 2.45) is 0 Å². The molecule has 0 aromatic carbocycles. The van der Waals surface area contributed by atoms with E-state index in [1.165, 1.54) is 0 Å². The average Bonchev–Trinajstić information content (AvgIpc) is 2.23. The summed E-state index contributed by atoms with van der Waals surface area (Å²) in [5, 5.41) is 9.75. The first-order valence-electron chi connectivity index (χ1n) is 4.87. The molecule has 2 aliphatic heterocycles. The van der Waals surface area contributed by atoms with Crippen LogP contribution >= 0.6 is 0 Å². The lowest BCUT2D eigenvalue weighted by Gasteiger charge is -2.35. The Kier molecular flexibility index (Phi) is 1.85. The van der Waals surface area contributed by atoms with Crippen LogP contribution < -0.4 is 16.0 Å². The summed E-state index contributed by atoms with van der Waals surface area (Å²) >= 11 is 0. The molecule has 0 aromatic rings. The SMILES string of the molecule is CC1(C)NC2(CCNCC2)NC1=O. The molecule has 0 bridgehead atoms. The highest BCUT2D eigenvalue weighted by Gasteiger charge is 2.48. The average molecular weight is 183 g/mol. The summed E-state index contributed by atoms with van der Waals surface area (Å²) in [5.41, 5.74) is -0.539. The lowest BCUT2D eigenvalue weighted by Crippen LogP contribution is -2.57. The first-order valence-corrected chi connectivity index (χ1v) is 4.87. The minimum absolute atomic E-state index is 0.120. The van der Waals surface area contributed by atoms with E-state index >= 15 is 0 Å². The van der Waals surface area contributed by atoms with E-state index in [-0.39, 0.29) is 11.6 Å². The van der Waals surface area contributed by atoms with Crippen molar-refractivity contribution in [3.8, 4) is 0 Å². The highest BCUT2D eigenvalue weighted by Crippen LogP contribution is 2.25.